The van der Waals surface area contributed by atoms with Gasteiger partial charge in [-0.3, -0.25) is 0 Å². The van der Waals surface area contributed by atoms with E-state index in [0.717, 1.165) is 31.0 Å². The fourth-order valence-corrected chi connectivity index (χ4v) is 2.12. The summed E-state index contributed by atoms with van der Waals surface area (Å²) in [5.74, 6) is 1.68. The third kappa shape index (κ3) is 3.83. The summed E-state index contributed by atoms with van der Waals surface area (Å²) in [7, 11) is 0. The highest BCUT2D eigenvalue weighted by atomic mass is 16.5. The average molecular weight is 238 g/mol. The Morgan fingerprint density at radius 1 is 1.06 bits per heavy atom. The minimum atomic E-state index is 0.0758. The van der Waals surface area contributed by atoms with Crippen molar-refractivity contribution in [2.24, 2.45) is 0 Å². The largest absolute Gasteiger partial charge is 0.339 e. The smallest absolute Gasteiger partial charge is 0.232 e. The first-order valence-electron chi connectivity index (χ1n) is 6.99. The highest BCUT2D eigenvalue weighted by molar-refractivity contribution is 5.03. The summed E-state index contributed by atoms with van der Waals surface area (Å²) in [5.41, 5.74) is 0.0758. The Hall–Kier alpha value is -0.860. The van der Waals surface area contributed by atoms with Gasteiger partial charge in [0.25, 0.3) is 0 Å². The Bertz CT molecular complexity index is 312. The Kier molecular flexibility index (Phi) is 5.66. The van der Waals surface area contributed by atoms with E-state index in [2.05, 4.69) is 37.8 Å². The van der Waals surface area contributed by atoms with Crippen LogP contribution in [0.25, 0.3) is 0 Å². The molecule has 1 heterocycles. The number of unbranched alkanes of at least 4 members (excludes halogenated alkanes) is 2. The lowest BCUT2D eigenvalue weighted by atomic mass is 9.80. The van der Waals surface area contributed by atoms with Crippen molar-refractivity contribution in [3.8, 4) is 0 Å². The second-order valence-electron chi connectivity index (χ2n) is 5.14. The van der Waals surface area contributed by atoms with Crippen LogP contribution in [0.3, 0.4) is 0 Å². The lowest BCUT2D eigenvalue weighted by molar-refractivity contribution is 0.256. The second kappa shape index (κ2) is 6.77. The third-order valence-electron chi connectivity index (χ3n) is 3.46. The predicted molar refractivity (Wildman–Crippen MR) is 70.1 cm³/mol. The molecule has 0 fully saturated rings. The molecule has 0 N–H and O–H groups in total. The molecule has 17 heavy (non-hydrogen) atoms. The van der Waals surface area contributed by atoms with Crippen LogP contribution in [0, 0.1) is 0 Å². The van der Waals surface area contributed by atoms with Gasteiger partial charge in [0.2, 0.25) is 5.89 Å². The first-order valence-corrected chi connectivity index (χ1v) is 6.99. The second-order valence-corrected chi connectivity index (χ2v) is 5.14. The highest BCUT2D eigenvalue weighted by Gasteiger charge is 2.31. The van der Waals surface area contributed by atoms with Gasteiger partial charge in [-0.15, -0.1) is 0 Å². The number of rotatable bonds is 8. The molecule has 0 aliphatic carbocycles. The molecule has 0 saturated heterocycles. The van der Waals surface area contributed by atoms with E-state index in [1.165, 1.54) is 25.7 Å². The highest BCUT2D eigenvalue weighted by Crippen LogP contribution is 2.33. The van der Waals surface area contributed by atoms with Crippen molar-refractivity contribution in [1.29, 1.82) is 0 Å². The molecular weight excluding hydrogens is 212 g/mol. The maximum atomic E-state index is 5.45. The maximum Gasteiger partial charge on any atom is 0.232 e. The lowest BCUT2D eigenvalue weighted by Crippen LogP contribution is -2.22. The van der Waals surface area contributed by atoms with Gasteiger partial charge < -0.3 is 4.52 Å². The SMILES string of the molecule is CCCCC(C)(CCCC)c1nc(CC)no1. The van der Waals surface area contributed by atoms with Gasteiger partial charge in [-0.1, -0.05) is 58.5 Å². The van der Waals surface area contributed by atoms with Crippen LogP contribution in [0.1, 0.15) is 77.9 Å². The van der Waals surface area contributed by atoms with E-state index in [-0.39, 0.29) is 5.41 Å². The molecule has 3 heteroatoms. The van der Waals surface area contributed by atoms with Gasteiger partial charge in [0, 0.05) is 11.8 Å². The van der Waals surface area contributed by atoms with Crippen LogP contribution in [-0.2, 0) is 11.8 Å². The summed E-state index contributed by atoms with van der Waals surface area (Å²) < 4.78 is 5.45. The van der Waals surface area contributed by atoms with Gasteiger partial charge in [-0.05, 0) is 12.8 Å². The van der Waals surface area contributed by atoms with Gasteiger partial charge in [0.15, 0.2) is 5.82 Å². The zero-order valence-corrected chi connectivity index (χ0v) is 11.8. The van der Waals surface area contributed by atoms with E-state index in [1.54, 1.807) is 0 Å². The molecule has 1 aromatic heterocycles. The summed E-state index contributed by atoms with van der Waals surface area (Å²) in [6.45, 7) is 8.78. The van der Waals surface area contributed by atoms with E-state index in [1.807, 2.05) is 0 Å². The van der Waals surface area contributed by atoms with Crippen molar-refractivity contribution in [2.45, 2.75) is 78.1 Å². The summed E-state index contributed by atoms with van der Waals surface area (Å²) in [5, 5.41) is 4.03. The van der Waals surface area contributed by atoms with Crippen LogP contribution in [0.2, 0.25) is 0 Å². The molecule has 0 amide bonds. The number of hydrogen-bond acceptors (Lipinski definition) is 3. The Morgan fingerprint density at radius 3 is 2.06 bits per heavy atom. The maximum absolute atomic E-state index is 5.45. The zero-order chi connectivity index (χ0) is 12.7. The van der Waals surface area contributed by atoms with Gasteiger partial charge in [-0.25, -0.2) is 0 Å². The van der Waals surface area contributed by atoms with E-state index >= 15 is 0 Å². The zero-order valence-electron chi connectivity index (χ0n) is 11.8. The summed E-state index contributed by atoms with van der Waals surface area (Å²) in [6, 6.07) is 0. The summed E-state index contributed by atoms with van der Waals surface area (Å²) in [4.78, 5) is 4.53. The van der Waals surface area contributed by atoms with Gasteiger partial charge in [0.1, 0.15) is 0 Å². The van der Waals surface area contributed by atoms with E-state index in [9.17, 15) is 0 Å². The molecule has 98 valence electrons. The fourth-order valence-electron chi connectivity index (χ4n) is 2.12. The van der Waals surface area contributed by atoms with Crippen molar-refractivity contribution >= 4 is 0 Å². The molecule has 0 atom stereocenters. The summed E-state index contributed by atoms with van der Waals surface area (Å²) in [6.07, 6.45) is 8.03. The molecule has 0 aliphatic heterocycles. The average Bonchev–Trinajstić information content (AvgIpc) is 2.83. The van der Waals surface area contributed by atoms with Gasteiger partial charge in [-0.2, -0.15) is 4.98 Å². The lowest BCUT2D eigenvalue weighted by Gasteiger charge is -2.25. The Labute approximate surface area is 105 Å². The Morgan fingerprint density at radius 2 is 1.65 bits per heavy atom. The molecule has 1 rings (SSSR count). The number of aromatic nitrogens is 2. The molecule has 0 saturated carbocycles. The molecule has 1 aromatic rings. The van der Waals surface area contributed by atoms with E-state index < -0.39 is 0 Å². The third-order valence-corrected chi connectivity index (χ3v) is 3.46. The van der Waals surface area contributed by atoms with Crippen molar-refractivity contribution in [3.63, 3.8) is 0 Å². The number of aryl methyl sites for hydroxylation is 1. The van der Waals surface area contributed by atoms with Gasteiger partial charge in [0.05, 0.1) is 0 Å². The van der Waals surface area contributed by atoms with Crippen molar-refractivity contribution < 1.29 is 4.52 Å². The fraction of sp³-hybridized carbons (Fsp3) is 0.857. The van der Waals surface area contributed by atoms with Crippen molar-refractivity contribution in [2.75, 3.05) is 0 Å². The number of hydrogen-bond donors (Lipinski definition) is 0. The first-order chi connectivity index (χ1) is 8.16. The predicted octanol–water partition coefficient (Wildman–Crippen LogP) is 4.27. The van der Waals surface area contributed by atoms with Crippen LogP contribution in [0.5, 0.6) is 0 Å². The quantitative estimate of drug-likeness (QED) is 0.679. The molecule has 0 radical (unpaired) electrons. The molecular formula is C14H26N2O. The molecule has 0 spiro atoms. The van der Waals surface area contributed by atoms with E-state index in [0.29, 0.717) is 0 Å². The molecule has 0 aromatic carbocycles. The number of nitrogens with zero attached hydrogens (tertiary/aromatic N) is 2. The van der Waals surface area contributed by atoms with Gasteiger partial charge >= 0.3 is 0 Å². The first kappa shape index (κ1) is 14.2. The topological polar surface area (TPSA) is 38.9 Å². The van der Waals surface area contributed by atoms with Crippen LogP contribution in [0.15, 0.2) is 4.52 Å². The molecule has 0 aliphatic rings. The minimum Gasteiger partial charge on any atom is -0.339 e. The van der Waals surface area contributed by atoms with Crippen LogP contribution in [0.4, 0.5) is 0 Å². The van der Waals surface area contributed by atoms with E-state index in [4.69, 9.17) is 4.52 Å². The monoisotopic (exact) mass is 238 g/mol. The van der Waals surface area contributed by atoms with Crippen LogP contribution >= 0.6 is 0 Å². The van der Waals surface area contributed by atoms with Crippen molar-refractivity contribution in [1.82, 2.24) is 10.1 Å². The van der Waals surface area contributed by atoms with Crippen LogP contribution in [-0.4, -0.2) is 10.1 Å². The van der Waals surface area contributed by atoms with Crippen molar-refractivity contribution in [3.05, 3.63) is 11.7 Å². The minimum absolute atomic E-state index is 0.0758. The summed E-state index contributed by atoms with van der Waals surface area (Å²) >= 11 is 0. The normalized spacial score (nSPS) is 12.0. The molecule has 3 nitrogen and oxygen atoms in total. The standard InChI is InChI=1S/C14H26N2O/c1-5-8-10-14(4,11-9-6-2)13-15-12(7-3)16-17-13/h5-11H2,1-4H3. The molecule has 0 unspecified atom stereocenters. The van der Waals surface area contributed by atoms with Crippen LogP contribution < -0.4 is 0 Å². The Balaban J connectivity index is 2.79. The molecule has 0 bridgehead atoms.